The van der Waals surface area contributed by atoms with Gasteiger partial charge in [-0.05, 0) is 64.0 Å². The molecule has 0 saturated carbocycles. The van der Waals surface area contributed by atoms with Crippen LogP contribution in [0.3, 0.4) is 0 Å². The topological polar surface area (TPSA) is 34.2 Å². The van der Waals surface area contributed by atoms with Crippen LogP contribution in [0.1, 0.15) is 51.3 Å². The summed E-state index contributed by atoms with van der Waals surface area (Å²) in [5, 5.41) is 1.27. The molecule has 1 aromatic heterocycles. The number of rotatable bonds is 3. The molecule has 1 aromatic carbocycles. The highest BCUT2D eigenvalue weighted by Crippen LogP contribution is 2.27. The SMILES string of the molecule is CC(C)n1c(CN2CCCCCC2)cc2cc(N)ccc21. The maximum Gasteiger partial charge on any atom is 0.0486 e. The van der Waals surface area contributed by atoms with Crippen molar-refractivity contribution in [3.05, 3.63) is 30.0 Å². The summed E-state index contributed by atoms with van der Waals surface area (Å²) >= 11 is 0. The average Bonchev–Trinajstić information content (AvgIpc) is 2.60. The summed E-state index contributed by atoms with van der Waals surface area (Å²) in [5.74, 6) is 0. The second-order valence-electron chi connectivity index (χ2n) is 6.61. The third kappa shape index (κ3) is 3.08. The second-order valence-corrected chi connectivity index (χ2v) is 6.61. The van der Waals surface area contributed by atoms with Gasteiger partial charge in [0.05, 0.1) is 0 Å². The van der Waals surface area contributed by atoms with Crippen molar-refractivity contribution in [1.82, 2.24) is 9.47 Å². The van der Waals surface area contributed by atoms with Crippen LogP contribution in [0.5, 0.6) is 0 Å². The van der Waals surface area contributed by atoms with Crippen molar-refractivity contribution in [3.8, 4) is 0 Å². The van der Waals surface area contributed by atoms with Crippen molar-refractivity contribution >= 4 is 16.6 Å². The summed E-state index contributed by atoms with van der Waals surface area (Å²) in [4.78, 5) is 2.61. The molecule has 21 heavy (non-hydrogen) atoms. The van der Waals surface area contributed by atoms with Crippen LogP contribution in [-0.2, 0) is 6.54 Å². The number of anilines is 1. The first-order chi connectivity index (χ1) is 10.1. The van der Waals surface area contributed by atoms with Crippen molar-refractivity contribution in [2.75, 3.05) is 18.8 Å². The molecule has 0 amide bonds. The summed E-state index contributed by atoms with van der Waals surface area (Å²) < 4.78 is 2.47. The molecule has 0 spiro atoms. The zero-order valence-corrected chi connectivity index (χ0v) is 13.3. The minimum absolute atomic E-state index is 0.480. The fourth-order valence-electron chi connectivity index (χ4n) is 3.57. The fraction of sp³-hybridized carbons (Fsp3) is 0.556. The second kappa shape index (κ2) is 6.10. The minimum Gasteiger partial charge on any atom is -0.399 e. The van der Waals surface area contributed by atoms with E-state index in [1.807, 2.05) is 6.07 Å². The maximum absolute atomic E-state index is 5.94. The zero-order chi connectivity index (χ0) is 14.8. The minimum atomic E-state index is 0.480. The van der Waals surface area contributed by atoms with Gasteiger partial charge >= 0.3 is 0 Å². The molecule has 3 heteroatoms. The average molecular weight is 285 g/mol. The molecule has 0 atom stereocenters. The molecule has 1 aliphatic rings. The van der Waals surface area contributed by atoms with E-state index in [-0.39, 0.29) is 0 Å². The molecular weight excluding hydrogens is 258 g/mol. The number of nitrogen functional groups attached to an aromatic ring is 1. The molecule has 1 saturated heterocycles. The Morgan fingerprint density at radius 2 is 1.76 bits per heavy atom. The van der Waals surface area contributed by atoms with Crippen molar-refractivity contribution in [1.29, 1.82) is 0 Å². The zero-order valence-electron chi connectivity index (χ0n) is 13.3. The molecule has 2 aromatic rings. The summed E-state index contributed by atoms with van der Waals surface area (Å²) in [6, 6.07) is 9.08. The molecule has 0 radical (unpaired) electrons. The number of likely N-dealkylation sites (tertiary alicyclic amines) is 1. The fourth-order valence-corrected chi connectivity index (χ4v) is 3.57. The van der Waals surface area contributed by atoms with Gasteiger partial charge in [-0.1, -0.05) is 12.8 Å². The Balaban J connectivity index is 1.94. The normalized spacial score (nSPS) is 17.5. The molecule has 1 fully saturated rings. The van der Waals surface area contributed by atoms with Gasteiger partial charge in [0.1, 0.15) is 0 Å². The number of hydrogen-bond donors (Lipinski definition) is 1. The van der Waals surface area contributed by atoms with Crippen LogP contribution in [0.2, 0.25) is 0 Å². The third-order valence-electron chi connectivity index (χ3n) is 4.54. The van der Waals surface area contributed by atoms with Gasteiger partial charge in [-0.2, -0.15) is 0 Å². The number of nitrogens with two attached hydrogens (primary N) is 1. The van der Waals surface area contributed by atoms with Gasteiger partial charge in [-0.3, -0.25) is 4.90 Å². The maximum atomic E-state index is 5.94. The van der Waals surface area contributed by atoms with Crippen LogP contribution in [0.4, 0.5) is 5.69 Å². The van der Waals surface area contributed by atoms with Gasteiger partial charge in [-0.25, -0.2) is 0 Å². The Bertz CT molecular complexity index is 604. The van der Waals surface area contributed by atoms with Crippen LogP contribution < -0.4 is 5.73 Å². The lowest BCUT2D eigenvalue weighted by Crippen LogP contribution is -2.25. The highest BCUT2D eigenvalue weighted by Gasteiger charge is 2.16. The number of hydrogen-bond acceptors (Lipinski definition) is 2. The van der Waals surface area contributed by atoms with Gasteiger partial charge in [0.2, 0.25) is 0 Å². The Morgan fingerprint density at radius 3 is 2.43 bits per heavy atom. The monoisotopic (exact) mass is 285 g/mol. The highest BCUT2D eigenvalue weighted by atomic mass is 15.1. The lowest BCUT2D eigenvalue weighted by Gasteiger charge is -2.22. The molecule has 1 aliphatic heterocycles. The number of nitrogens with zero attached hydrogens (tertiary/aromatic N) is 2. The van der Waals surface area contributed by atoms with Crippen LogP contribution in [0, 0.1) is 0 Å². The lowest BCUT2D eigenvalue weighted by molar-refractivity contribution is 0.268. The summed E-state index contributed by atoms with van der Waals surface area (Å²) in [7, 11) is 0. The van der Waals surface area contributed by atoms with E-state index in [0.717, 1.165) is 12.2 Å². The Labute approximate surface area is 127 Å². The molecular formula is C18H27N3. The van der Waals surface area contributed by atoms with E-state index in [2.05, 4.69) is 41.5 Å². The van der Waals surface area contributed by atoms with Crippen LogP contribution in [0.15, 0.2) is 24.3 Å². The molecule has 2 N–H and O–H groups in total. The van der Waals surface area contributed by atoms with Crippen molar-refractivity contribution in [2.24, 2.45) is 0 Å². The van der Waals surface area contributed by atoms with E-state index < -0.39 is 0 Å². The molecule has 114 valence electrons. The van der Waals surface area contributed by atoms with Crippen LogP contribution in [0.25, 0.3) is 10.9 Å². The van der Waals surface area contributed by atoms with Gasteiger partial charge in [0.25, 0.3) is 0 Å². The highest BCUT2D eigenvalue weighted by molar-refractivity contribution is 5.84. The Morgan fingerprint density at radius 1 is 1.05 bits per heavy atom. The number of benzene rings is 1. The van der Waals surface area contributed by atoms with Crippen molar-refractivity contribution < 1.29 is 0 Å². The molecule has 3 rings (SSSR count). The molecule has 0 unspecified atom stereocenters. The first-order valence-corrected chi connectivity index (χ1v) is 8.27. The molecule has 3 nitrogen and oxygen atoms in total. The van der Waals surface area contributed by atoms with E-state index >= 15 is 0 Å². The van der Waals surface area contributed by atoms with Crippen LogP contribution in [-0.4, -0.2) is 22.6 Å². The summed E-state index contributed by atoms with van der Waals surface area (Å²) in [5.41, 5.74) is 9.53. The standard InChI is InChI=1S/C18H27N3/c1-14(2)21-17(13-20-9-5-3-4-6-10-20)12-15-11-16(19)7-8-18(15)21/h7-8,11-12,14H,3-6,9-10,13,19H2,1-2H3. The van der Waals surface area contributed by atoms with Crippen LogP contribution >= 0.6 is 0 Å². The van der Waals surface area contributed by atoms with Crippen molar-refractivity contribution in [2.45, 2.75) is 52.1 Å². The predicted molar refractivity (Wildman–Crippen MR) is 90.5 cm³/mol. The van der Waals surface area contributed by atoms with Gasteiger partial charge in [0, 0.05) is 34.9 Å². The Hall–Kier alpha value is -1.48. The third-order valence-corrected chi connectivity index (χ3v) is 4.54. The van der Waals surface area contributed by atoms with E-state index in [1.54, 1.807) is 0 Å². The summed E-state index contributed by atoms with van der Waals surface area (Å²) in [6.45, 7) is 8.07. The van der Waals surface area contributed by atoms with E-state index in [0.29, 0.717) is 6.04 Å². The number of aromatic nitrogens is 1. The summed E-state index contributed by atoms with van der Waals surface area (Å²) in [6.07, 6.45) is 5.46. The first-order valence-electron chi connectivity index (χ1n) is 8.27. The Kier molecular flexibility index (Phi) is 4.20. The largest absolute Gasteiger partial charge is 0.399 e. The van der Waals surface area contributed by atoms with E-state index in [1.165, 1.54) is 55.4 Å². The van der Waals surface area contributed by atoms with Gasteiger partial charge in [-0.15, -0.1) is 0 Å². The quantitative estimate of drug-likeness (QED) is 0.858. The predicted octanol–water partition coefficient (Wildman–Crippen LogP) is 4.18. The molecule has 0 bridgehead atoms. The number of fused-ring (bicyclic) bond motifs is 1. The van der Waals surface area contributed by atoms with Crippen molar-refractivity contribution in [3.63, 3.8) is 0 Å². The molecule has 0 aliphatic carbocycles. The smallest absolute Gasteiger partial charge is 0.0486 e. The van der Waals surface area contributed by atoms with Gasteiger partial charge in [0.15, 0.2) is 0 Å². The van der Waals surface area contributed by atoms with E-state index in [9.17, 15) is 0 Å². The van der Waals surface area contributed by atoms with Gasteiger partial charge < -0.3 is 10.3 Å². The molecule has 2 heterocycles. The first kappa shape index (κ1) is 14.5. The lowest BCUT2D eigenvalue weighted by atomic mass is 10.2. The van der Waals surface area contributed by atoms with E-state index in [4.69, 9.17) is 5.73 Å².